The molecule has 8 nitrogen and oxygen atoms in total. The number of urea groups is 1. The van der Waals surface area contributed by atoms with Crippen LogP contribution in [0.4, 0.5) is 4.79 Å². The molecule has 1 aliphatic heterocycles. The molecule has 2 amide bonds. The van der Waals surface area contributed by atoms with Gasteiger partial charge in [0.25, 0.3) is 0 Å². The van der Waals surface area contributed by atoms with Crippen LogP contribution < -0.4 is 15.4 Å². The minimum Gasteiger partial charge on any atom is -0.497 e. The van der Waals surface area contributed by atoms with E-state index in [1.807, 2.05) is 0 Å². The Balaban J connectivity index is 2.03. The summed E-state index contributed by atoms with van der Waals surface area (Å²) in [5.41, 5.74) is 1.23. The molecule has 8 heteroatoms. The van der Waals surface area contributed by atoms with E-state index in [1.54, 1.807) is 45.2 Å². The summed E-state index contributed by atoms with van der Waals surface area (Å²) in [6.45, 7) is 3.32. The third kappa shape index (κ3) is 4.98. The van der Waals surface area contributed by atoms with Gasteiger partial charge in [-0.15, -0.1) is 0 Å². The molecular formula is C18H22N2O6. The van der Waals surface area contributed by atoms with E-state index in [2.05, 4.69) is 10.6 Å². The topological polar surface area (TPSA) is 103 Å². The van der Waals surface area contributed by atoms with Crippen LogP contribution in [0.2, 0.25) is 0 Å². The molecule has 0 fully saturated rings. The standard InChI is InChI=1S/C18H22N2O6/c1-4-25-17(22)16-11(2)19-18(23)20-14(16)10-26-15(21)9-12-5-7-13(24-3)8-6-12/h5-8,11H,4,9-10H2,1-3H3,(H2,19,20,23). The zero-order chi connectivity index (χ0) is 19.1. The highest BCUT2D eigenvalue weighted by molar-refractivity contribution is 5.94. The lowest BCUT2D eigenvalue weighted by Gasteiger charge is -2.26. The lowest BCUT2D eigenvalue weighted by molar-refractivity contribution is -0.143. The number of esters is 2. The summed E-state index contributed by atoms with van der Waals surface area (Å²) in [6.07, 6.45) is 0.0633. The van der Waals surface area contributed by atoms with Gasteiger partial charge in [-0.3, -0.25) is 4.79 Å². The fraction of sp³-hybridized carbons (Fsp3) is 0.389. The fourth-order valence-electron chi connectivity index (χ4n) is 2.51. The molecule has 0 spiro atoms. The predicted octanol–water partition coefficient (Wildman–Crippen LogP) is 1.30. The predicted molar refractivity (Wildman–Crippen MR) is 92.4 cm³/mol. The molecule has 0 saturated heterocycles. The molecule has 1 aromatic rings. The second kappa shape index (κ2) is 8.89. The molecule has 1 heterocycles. The Morgan fingerprint density at radius 2 is 1.85 bits per heavy atom. The van der Waals surface area contributed by atoms with Crippen molar-refractivity contribution in [1.29, 1.82) is 0 Å². The van der Waals surface area contributed by atoms with Gasteiger partial charge in [-0.05, 0) is 31.5 Å². The molecule has 2 rings (SSSR count). The van der Waals surface area contributed by atoms with Crippen molar-refractivity contribution >= 4 is 18.0 Å². The van der Waals surface area contributed by atoms with Gasteiger partial charge in [-0.1, -0.05) is 12.1 Å². The average molecular weight is 362 g/mol. The van der Waals surface area contributed by atoms with E-state index < -0.39 is 24.0 Å². The summed E-state index contributed by atoms with van der Waals surface area (Å²) in [4.78, 5) is 35.8. The van der Waals surface area contributed by atoms with Crippen LogP contribution in [-0.2, 0) is 25.5 Å². The van der Waals surface area contributed by atoms with Gasteiger partial charge in [0, 0.05) is 0 Å². The minimum absolute atomic E-state index is 0.0633. The van der Waals surface area contributed by atoms with E-state index in [1.165, 1.54) is 0 Å². The Labute approximate surface area is 151 Å². The van der Waals surface area contributed by atoms with E-state index >= 15 is 0 Å². The van der Waals surface area contributed by atoms with E-state index in [0.717, 1.165) is 5.56 Å². The normalized spacial score (nSPS) is 16.4. The number of nitrogens with one attached hydrogen (secondary N) is 2. The number of carbonyl (C=O) groups is 3. The number of benzene rings is 1. The van der Waals surface area contributed by atoms with Crippen LogP contribution in [-0.4, -0.2) is 44.3 Å². The first-order valence-electron chi connectivity index (χ1n) is 8.20. The molecule has 1 aliphatic rings. The molecule has 2 N–H and O–H groups in total. The maximum atomic E-state index is 12.1. The number of methoxy groups -OCH3 is 1. The van der Waals surface area contributed by atoms with Gasteiger partial charge in [0.1, 0.15) is 12.4 Å². The molecule has 0 bridgehead atoms. The van der Waals surface area contributed by atoms with Crippen LogP contribution in [0.15, 0.2) is 35.5 Å². The highest BCUT2D eigenvalue weighted by atomic mass is 16.5. The van der Waals surface area contributed by atoms with Crippen molar-refractivity contribution in [2.24, 2.45) is 0 Å². The van der Waals surface area contributed by atoms with Crippen molar-refractivity contribution < 1.29 is 28.6 Å². The molecule has 1 aromatic carbocycles. The van der Waals surface area contributed by atoms with E-state index in [9.17, 15) is 14.4 Å². The van der Waals surface area contributed by atoms with Crippen molar-refractivity contribution in [3.05, 3.63) is 41.1 Å². The van der Waals surface area contributed by atoms with Gasteiger partial charge < -0.3 is 24.8 Å². The van der Waals surface area contributed by atoms with Crippen LogP contribution in [0.3, 0.4) is 0 Å². The third-order valence-corrected chi connectivity index (χ3v) is 3.75. The van der Waals surface area contributed by atoms with Gasteiger partial charge in [-0.25, -0.2) is 9.59 Å². The minimum atomic E-state index is -0.561. The maximum absolute atomic E-state index is 12.1. The second-order valence-corrected chi connectivity index (χ2v) is 5.62. The van der Waals surface area contributed by atoms with Gasteiger partial charge in [0.15, 0.2) is 0 Å². The molecule has 140 valence electrons. The SMILES string of the molecule is CCOC(=O)C1=C(COC(=O)Cc2ccc(OC)cc2)NC(=O)NC1C. The first-order chi connectivity index (χ1) is 12.4. The first-order valence-corrected chi connectivity index (χ1v) is 8.20. The van der Waals surface area contributed by atoms with Crippen molar-refractivity contribution in [2.75, 3.05) is 20.3 Å². The van der Waals surface area contributed by atoms with Crippen molar-refractivity contribution in [3.8, 4) is 5.75 Å². The van der Waals surface area contributed by atoms with E-state index in [4.69, 9.17) is 14.2 Å². The summed E-state index contributed by atoms with van der Waals surface area (Å²) < 4.78 is 15.3. The number of hydrogen-bond acceptors (Lipinski definition) is 6. The Hall–Kier alpha value is -3.03. The number of carbonyl (C=O) groups excluding carboxylic acids is 3. The lowest BCUT2D eigenvalue weighted by Crippen LogP contribution is -2.50. The molecule has 0 aromatic heterocycles. The summed E-state index contributed by atoms with van der Waals surface area (Å²) in [6, 6.07) is 6.01. The van der Waals surface area contributed by atoms with Gasteiger partial charge in [0.05, 0.1) is 37.4 Å². The van der Waals surface area contributed by atoms with E-state index in [0.29, 0.717) is 5.75 Å². The highest BCUT2D eigenvalue weighted by Gasteiger charge is 2.30. The molecule has 1 atom stereocenters. The van der Waals surface area contributed by atoms with Crippen molar-refractivity contribution in [1.82, 2.24) is 10.6 Å². The zero-order valence-corrected chi connectivity index (χ0v) is 15.0. The summed E-state index contributed by atoms with van der Waals surface area (Å²) in [5.74, 6) is -0.349. The van der Waals surface area contributed by atoms with Gasteiger partial charge in [-0.2, -0.15) is 0 Å². The monoisotopic (exact) mass is 362 g/mol. The van der Waals surface area contributed by atoms with Crippen LogP contribution in [0.5, 0.6) is 5.75 Å². The summed E-state index contributed by atoms with van der Waals surface area (Å²) >= 11 is 0. The zero-order valence-electron chi connectivity index (χ0n) is 15.0. The van der Waals surface area contributed by atoms with Gasteiger partial charge >= 0.3 is 18.0 Å². The smallest absolute Gasteiger partial charge is 0.338 e. The Kier molecular flexibility index (Phi) is 6.60. The van der Waals surface area contributed by atoms with Crippen molar-refractivity contribution in [3.63, 3.8) is 0 Å². The van der Waals surface area contributed by atoms with Crippen LogP contribution in [0, 0.1) is 0 Å². The summed E-state index contributed by atoms with van der Waals surface area (Å²) in [5, 5.41) is 5.08. The molecule has 0 saturated carbocycles. The van der Waals surface area contributed by atoms with Gasteiger partial charge in [0.2, 0.25) is 0 Å². The molecule has 1 unspecified atom stereocenters. The molecule has 0 aliphatic carbocycles. The molecular weight excluding hydrogens is 340 g/mol. The largest absolute Gasteiger partial charge is 0.497 e. The van der Waals surface area contributed by atoms with Crippen LogP contribution in [0.25, 0.3) is 0 Å². The number of amides is 2. The quantitative estimate of drug-likeness (QED) is 0.709. The number of rotatable bonds is 7. The summed E-state index contributed by atoms with van der Waals surface area (Å²) in [7, 11) is 1.56. The maximum Gasteiger partial charge on any atom is 0.338 e. The lowest BCUT2D eigenvalue weighted by atomic mass is 10.0. The Bertz CT molecular complexity index is 711. The Morgan fingerprint density at radius 1 is 1.15 bits per heavy atom. The second-order valence-electron chi connectivity index (χ2n) is 5.62. The van der Waals surface area contributed by atoms with Crippen LogP contribution >= 0.6 is 0 Å². The Morgan fingerprint density at radius 3 is 2.46 bits per heavy atom. The molecule has 26 heavy (non-hydrogen) atoms. The third-order valence-electron chi connectivity index (χ3n) is 3.75. The van der Waals surface area contributed by atoms with E-state index in [-0.39, 0.29) is 30.9 Å². The number of hydrogen-bond donors (Lipinski definition) is 2. The number of ether oxygens (including phenoxy) is 3. The molecule has 0 radical (unpaired) electrons. The average Bonchev–Trinajstić information content (AvgIpc) is 2.60. The highest BCUT2D eigenvalue weighted by Crippen LogP contribution is 2.15. The van der Waals surface area contributed by atoms with Crippen molar-refractivity contribution in [2.45, 2.75) is 26.3 Å². The fourth-order valence-corrected chi connectivity index (χ4v) is 2.51. The van der Waals surface area contributed by atoms with Crippen LogP contribution in [0.1, 0.15) is 19.4 Å². The first kappa shape index (κ1) is 19.3.